The summed E-state index contributed by atoms with van der Waals surface area (Å²) in [7, 11) is 0. The number of rotatable bonds is 5. The van der Waals surface area contributed by atoms with Crippen molar-refractivity contribution in [1.29, 1.82) is 0 Å². The molecule has 3 aromatic rings. The van der Waals surface area contributed by atoms with E-state index in [0.29, 0.717) is 19.6 Å². The third kappa shape index (κ3) is 4.17. The van der Waals surface area contributed by atoms with E-state index in [9.17, 15) is 4.79 Å². The van der Waals surface area contributed by atoms with Gasteiger partial charge in [-0.15, -0.1) is 0 Å². The first-order chi connectivity index (χ1) is 14.1. The van der Waals surface area contributed by atoms with Crippen molar-refractivity contribution in [2.75, 3.05) is 36.5 Å². The lowest BCUT2D eigenvalue weighted by Crippen LogP contribution is -2.36. The molecule has 1 fully saturated rings. The number of nitrogens with zero attached hydrogens (tertiary/aromatic N) is 3. The van der Waals surface area contributed by atoms with Crippen LogP contribution in [0, 0.1) is 13.8 Å². The number of aromatic nitrogens is 2. The normalized spacial score (nSPS) is 14.1. The number of hydrogen-bond donors (Lipinski definition) is 1. The topological polar surface area (TPSA) is 59.4 Å². The fourth-order valence-electron chi connectivity index (χ4n) is 3.77. The van der Waals surface area contributed by atoms with Gasteiger partial charge in [0.15, 0.2) is 0 Å². The van der Waals surface area contributed by atoms with Crippen molar-refractivity contribution < 1.29 is 9.53 Å². The molecule has 0 atom stereocenters. The number of ether oxygens (including phenoxy) is 1. The van der Waals surface area contributed by atoms with Crippen LogP contribution in [-0.2, 0) is 16.0 Å². The highest BCUT2D eigenvalue weighted by atomic mass is 16.5. The van der Waals surface area contributed by atoms with Crippen LogP contribution in [0.3, 0.4) is 0 Å². The van der Waals surface area contributed by atoms with E-state index in [0.717, 1.165) is 47.1 Å². The molecule has 1 N–H and O–H groups in total. The summed E-state index contributed by atoms with van der Waals surface area (Å²) in [6.07, 6.45) is 0.294. The van der Waals surface area contributed by atoms with Gasteiger partial charge in [-0.1, -0.05) is 30.3 Å². The summed E-state index contributed by atoms with van der Waals surface area (Å²) < 4.78 is 7.35. The second-order valence-electron chi connectivity index (χ2n) is 7.24. The highest BCUT2D eigenvalue weighted by Crippen LogP contribution is 2.27. The van der Waals surface area contributed by atoms with E-state index in [4.69, 9.17) is 4.74 Å². The summed E-state index contributed by atoms with van der Waals surface area (Å²) in [5, 5.41) is 7.75. The number of anilines is 2. The van der Waals surface area contributed by atoms with Gasteiger partial charge in [-0.05, 0) is 38.1 Å². The fraction of sp³-hybridized carbons (Fsp3) is 0.304. The van der Waals surface area contributed by atoms with Crippen molar-refractivity contribution in [1.82, 2.24) is 9.78 Å². The number of aryl methyl sites for hydroxylation is 1. The lowest BCUT2D eigenvalue weighted by Gasteiger charge is -2.30. The fourth-order valence-corrected chi connectivity index (χ4v) is 3.77. The molecule has 0 bridgehead atoms. The lowest BCUT2D eigenvalue weighted by molar-refractivity contribution is -0.115. The molecule has 0 saturated carbocycles. The SMILES string of the molecule is Cc1nn(-c2ccccc2)c(C)c1CC(=O)Nc1ccccc1N1CCOCC1. The van der Waals surface area contributed by atoms with Gasteiger partial charge in [-0.2, -0.15) is 5.10 Å². The summed E-state index contributed by atoms with van der Waals surface area (Å²) in [5.74, 6) is -0.0375. The van der Waals surface area contributed by atoms with E-state index in [1.165, 1.54) is 0 Å². The summed E-state index contributed by atoms with van der Waals surface area (Å²) in [5.41, 5.74) is 5.71. The Morgan fingerprint density at radius 2 is 1.72 bits per heavy atom. The number of benzene rings is 2. The average molecular weight is 390 g/mol. The molecule has 1 aromatic heterocycles. The van der Waals surface area contributed by atoms with Crippen LogP contribution in [0.1, 0.15) is 17.0 Å². The highest BCUT2D eigenvalue weighted by molar-refractivity contribution is 5.95. The monoisotopic (exact) mass is 390 g/mol. The average Bonchev–Trinajstić information content (AvgIpc) is 3.03. The first-order valence-corrected chi connectivity index (χ1v) is 9.95. The Morgan fingerprint density at radius 3 is 2.48 bits per heavy atom. The van der Waals surface area contributed by atoms with Crippen LogP contribution in [0.5, 0.6) is 0 Å². The smallest absolute Gasteiger partial charge is 0.228 e. The lowest BCUT2D eigenvalue weighted by atomic mass is 10.1. The Kier molecular flexibility index (Phi) is 5.62. The summed E-state index contributed by atoms with van der Waals surface area (Å²) in [6, 6.07) is 17.9. The zero-order valence-electron chi connectivity index (χ0n) is 16.9. The largest absolute Gasteiger partial charge is 0.378 e. The standard InChI is InChI=1S/C23H26N4O2/c1-17-20(18(2)27(25-17)19-8-4-3-5-9-19)16-23(28)24-21-10-6-7-11-22(21)26-12-14-29-15-13-26/h3-11H,12-16H2,1-2H3,(H,24,28). The number of hydrogen-bond acceptors (Lipinski definition) is 4. The molecular weight excluding hydrogens is 364 g/mol. The van der Waals surface area contributed by atoms with Gasteiger partial charge in [0.25, 0.3) is 0 Å². The quantitative estimate of drug-likeness (QED) is 0.724. The van der Waals surface area contributed by atoms with E-state index < -0.39 is 0 Å². The molecule has 2 heterocycles. The molecule has 0 radical (unpaired) electrons. The minimum Gasteiger partial charge on any atom is -0.378 e. The van der Waals surface area contributed by atoms with Crippen LogP contribution in [0.2, 0.25) is 0 Å². The molecule has 2 aromatic carbocycles. The minimum absolute atomic E-state index is 0.0375. The number of amides is 1. The molecular formula is C23H26N4O2. The number of carbonyl (C=O) groups is 1. The van der Waals surface area contributed by atoms with Crippen LogP contribution in [0.25, 0.3) is 5.69 Å². The first-order valence-electron chi connectivity index (χ1n) is 9.95. The Labute approximate surface area is 171 Å². The summed E-state index contributed by atoms with van der Waals surface area (Å²) >= 11 is 0. The van der Waals surface area contributed by atoms with E-state index in [-0.39, 0.29) is 5.91 Å². The molecule has 1 aliphatic rings. The van der Waals surface area contributed by atoms with Crippen LogP contribution < -0.4 is 10.2 Å². The number of morpholine rings is 1. The third-order valence-corrected chi connectivity index (χ3v) is 5.31. The van der Waals surface area contributed by atoms with Crippen molar-refractivity contribution in [3.8, 4) is 5.69 Å². The molecule has 1 aliphatic heterocycles. The molecule has 6 nitrogen and oxygen atoms in total. The predicted octanol–water partition coefficient (Wildman–Crippen LogP) is 3.51. The van der Waals surface area contributed by atoms with Crippen molar-refractivity contribution in [2.45, 2.75) is 20.3 Å². The van der Waals surface area contributed by atoms with Crippen LogP contribution in [0.15, 0.2) is 54.6 Å². The maximum atomic E-state index is 12.9. The summed E-state index contributed by atoms with van der Waals surface area (Å²) in [6.45, 7) is 7.04. The van der Waals surface area contributed by atoms with E-state index in [1.807, 2.05) is 73.1 Å². The van der Waals surface area contributed by atoms with Crippen LogP contribution in [0.4, 0.5) is 11.4 Å². The second-order valence-corrected chi connectivity index (χ2v) is 7.24. The van der Waals surface area contributed by atoms with Gasteiger partial charge in [-0.3, -0.25) is 4.79 Å². The van der Waals surface area contributed by atoms with Gasteiger partial charge in [-0.25, -0.2) is 4.68 Å². The Morgan fingerprint density at radius 1 is 1.03 bits per heavy atom. The Bertz CT molecular complexity index is 991. The maximum absolute atomic E-state index is 12.9. The van der Waals surface area contributed by atoms with Gasteiger partial charge < -0.3 is 15.0 Å². The Balaban J connectivity index is 1.52. The minimum atomic E-state index is -0.0375. The van der Waals surface area contributed by atoms with E-state index >= 15 is 0 Å². The highest BCUT2D eigenvalue weighted by Gasteiger charge is 2.19. The molecule has 0 unspecified atom stereocenters. The molecule has 0 aliphatic carbocycles. The molecule has 4 rings (SSSR count). The van der Waals surface area contributed by atoms with Crippen molar-refractivity contribution >= 4 is 17.3 Å². The van der Waals surface area contributed by atoms with Gasteiger partial charge in [0.05, 0.1) is 42.4 Å². The zero-order chi connectivity index (χ0) is 20.2. The first kappa shape index (κ1) is 19.2. The van der Waals surface area contributed by atoms with E-state index in [2.05, 4.69) is 15.3 Å². The van der Waals surface area contributed by atoms with Crippen LogP contribution in [-0.4, -0.2) is 42.0 Å². The van der Waals surface area contributed by atoms with Gasteiger partial charge in [0.1, 0.15) is 0 Å². The second kappa shape index (κ2) is 8.49. The molecule has 1 amide bonds. The Hall–Kier alpha value is -3.12. The van der Waals surface area contributed by atoms with Gasteiger partial charge >= 0.3 is 0 Å². The maximum Gasteiger partial charge on any atom is 0.228 e. The summed E-state index contributed by atoms with van der Waals surface area (Å²) in [4.78, 5) is 15.1. The molecule has 150 valence electrons. The molecule has 0 spiro atoms. The van der Waals surface area contributed by atoms with Crippen molar-refractivity contribution in [3.63, 3.8) is 0 Å². The van der Waals surface area contributed by atoms with Crippen molar-refractivity contribution in [3.05, 3.63) is 71.5 Å². The number of carbonyl (C=O) groups excluding carboxylic acids is 1. The van der Waals surface area contributed by atoms with Crippen molar-refractivity contribution in [2.24, 2.45) is 0 Å². The third-order valence-electron chi connectivity index (χ3n) is 5.31. The molecule has 1 saturated heterocycles. The van der Waals surface area contributed by atoms with Crippen LogP contribution >= 0.6 is 0 Å². The van der Waals surface area contributed by atoms with E-state index in [1.54, 1.807) is 0 Å². The predicted molar refractivity (Wildman–Crippen MR) is 115 cm³/mol. The zero-order valence-corrected chi connectivity index (χ0v) is 16.9. The van der Waals surface area contributed by atoms with Gasteiger partial charge in [0, 0.05) is 24.3 Å². The number of nitrogens with one attached hydrogen (secondary N) is 1. The molecule has 29 heavy (non-hydrogen) atoms. The molecule has 6 heteroatoms. The number of para-hydroxylation sites is 3. The van der Waals surface area contributed by atoms with Gasteiger partial charge in [0.2, 0.25) is 5.91 Å².